The molecular weight excluding hydrogens is 573 g/mol. The van der Waals surface area contributed by atoms with Crippen LogP contribution in [0.3, 0.4) is 0 Å². The fraction of sp³-hybridized carbons (Fsp3) is 0.517. The lowest BCUT2D eigenvalue weighted by molar-refractivity contribution is -0.125. The second-order valence-electron chi connectivity index (χ2n) is 12.1. The van der Waals surface area contributed by atoms with Crippen molar-refractivity contribution in [3.63, 3.8) is 0 Å². The molecule has 0 atom stereocenters. The molecule has 2 amide bonds. The Hall–Kier alpha value is -3.32. The zero-order valence-electron chi connectivity index (χ0n) is 22.9. The molecule has 2 aromatic carbocycles. The van der Waals surface area contributed by atoms with Crippen LogP contribution in [0.15, 0.2) is 30.3 Å². The molecule has 226 valence electrons. The summed E-state index contributed by atoms with van der Waals surface area (Å²) in [6.07, 6.45) is 3.00. The zero-order valence-corrected chi connectivity index (χ0v) is 23.8. The van der Waals surface area contributed by atoms with Gasteiger partial charge in [0.2, 0.25) is 21.9 Å². The predicted octanol–water partition coefficient (Wildman–Crippen LogP) is 4.59. The fourth-order valence-corrected chi connectivity index (χ4v) is 7.40. The van der Waals surface area contributed by atoms with Gasteiger partial charge in [0, 0.05) is 31.6 Å². The number of carbonyl (C=O) groups excluding carboxylic acids is 2. The third-order valence-corrected chi connectivity index (χ3v) is 10.6. The summed E-state index contributed by atoms with van der Waals surface area (Å²) in [6.45, 7) is 0.822. The van der Waals surface area contributed by atoms with Gasteiger partial charge in [-0.2, -0.15) is 0 Å². The van der Waals surface area contributed by atoms with Gasteiger partial charge < -0.3 is 20.6 Å². The van der Waals surface area contributed by atoms with E-state index in [1.807, 2.05) is 4.90 Å². The van der Waals surface area contributed by atoms with Gasteiger partial charge in [0.25, 0.3) is 5.91 Å². The lowest BCUT2D eigenvalue weighted by Gasteiger charge is -2.35. The van der Waals surface area contributed by atoms with E-state index in [4.69, 9.17) is 5.11 Å². The fourth-order valence-electron chi connectivity index (χ4n) is 6.57. The van der Waals surface area contributed by atoms with E-state index >= 15 is 4.39 Å². The first-order valence-electron chi connectivity index (χ1n) is 14.2. The maximum Gasteiger partial charge on any atom is 0.257 e. The van der Waals surface area contributed by atoms with E-state index in [9.17, 15) is 26.8 Å². The Bertz CT molecular complexity index is 1540. The summed E-state index contributed by atoms with van der Waals surface area (Å²) in [6, 6.07) is 7.08. The number of fused-ring (bicyclic) bond motifs is 2. The second-order valence-corrected chi connectivity index (χ2v) is 13.9. The average Bonchev–Trinajstić information content (AvgIpc) is 3.62. The van der Waals surface area contributed by atoms with Crippen molar-refractivity contribution in [2.75, 3.05) is 45.7 Å². The van der Waals surface area contributed by atoms with Crippen molar-refractivity contribution in [3.8, 4) is 0 Å². The molecule has 6 rings (SSSR count). The van der Waals surface area contributed by atoms with Crippen LogP contribution in [0, 0.1) is 11.2 Å². The molecule has 3 fully saturated rings. The van der Waals surface area contributed by atoms with Gasteiger partial charge in [0.1, 0.15) is 5.82 Å². The van der Waals surface area contributed by atoms with Crippen molar-refractivity contribution in [2.45, 2.75) is 62.7 Å². The number of halogens is 3. The Kier molecular flexibility index (Phi) is 6.95. The molecule has 13 heteroatoms. The summed E-state index contributed by atoms with van der Waals surface area (Å²) in [5.41, 5.74) is 0.356. The van der Waals surface area contributed by atoms with Crippen molar-refractivity contribution in [1.29, 1.82) is 0 Å². The van der Waals surface area contributed by atoms with Crippen molar-refractivity contribution < 1.29 is 36.3 Å². The molecule has 0 bridgehead atoms. The summed E-state index contributed by atoms with van der Waals surface area (Å²) in [4.78, 5) is 28.6. The topological polar surface area (TPSA) is 128 Å². The lowest BCUT2D eigenvalue weighted by Crippen LogP contribution is -2.41. The molecule has 2 aliphatic carbocycles. The number of sulfonamides is 1. The van der Waals surface area contributed by atoms with Crippen LogP contribution >= 0.6 is 0 Å². The van der Waals surface area contributed by atoms with E-state index in [0.717, 1.165) is 18.9 Å². The first-order chi connectivity index (χ1) is 19.8. The largest absolute Gasteiger partial charge is 0.395 e. The second kappa shape index (κ2) is 10.1. The minimum Gasteiger partial charge on any atom is -0.395 e. The van der Waals surface area contributed by atoms with Crippen molar-refractivity contribution in [2.24, 2.45) is 5.41 Å². The molecule has 2 aliphatic heterocycles. The van der Waals surface area contributed by atoms with Crippen LogP contribution < -0.4 is 20.3 Å². The summed E-state index contributed by atoms with van der Waals surface area (Å²) in [5, 5.41) is 14.3. The van der Waals surface area contributed by atoms with E-state index in [0.29, 0.717) is 24.2 Å². The molecule has 1 saturated heterocycles. The van der Waals surface area contributed by atoms with Gasteiger partial charge in [-0.25, -0.2) is 21.6 Å². The average molecular weight is 607 g/mol. The van der Waals surface area contributed by atoms with E-state index in [1.165, 1.54) is 31.0 Å². The first-order valence-corrected chi connectivity index (χ1v) is 15.8. The standard InChI is InChI=1S/C29H33F3N4O5S/c30-22-16-19(15-21-24(22)34-26(39)28(21)5-7-29(31,32)8-6-28)33-25(38)20-2-1-18(35-42(40,41)14-13-37)17-23(20)36-11-9-27(3-4-27)10-12-36/h1-2,15-17,35,37H,3-14H2,(H,33,38)(H,34,39). The summed E-state index contributed by atoms with van der Waals surface area (Å²) in [7, 11) is -3.80. The summed E-state index contributed by atoms with van der Waals surface area (Å²) in [5.74, 6) is -5.22. The van der Waals surface area contributed by atoms with Gasteiger partial charge in [-0.05, 0) is 79.8 Å². The predicted molar refractivity (Wildman–Crippen MR) is 152 cm³/mol. The number of rotatable bonds is 7. The number of hydrogen-bond donors (Lipinski definition) is 4. The third-order valence-electron chi connectivity index (χ3n) is 9.37. The Balaban J connectivity index is 1.30. The van der Waals surface area contributed by atoms with E-state index in [-0.39, 0.29) is 41.0 Å². The number of carbonyl (C=O) groups is 2. The molecule has 2 saturated carbocycles. The number of nitrogens with one attached hydrogen (secondary N) is 3. The number of amides is 2. The van der Waals surface area contributed by atoms with Crippen LogP contribution in [0.25, 0.3) is 0 Å². The summed E-state index contributed by atoms with van der Waals surface area (Å²) >= 11 is 0. The van der Waals surface area contributed by atoms with Gasteiger partial charge in [-0.15, -0.1) is 0 Å². The number of nitrogens with zero attached hydrogens (tertiary/aromatic N) is 1. The number of aliphatic hydroxyl groups is 1. The lowest BCUT2D eigenvalue weighted by atomic mass is 9.69. The van der Waals surface area contributed by atoms with Crippen molar-refractivity contribution >= 4 is 44.6 Å². The van der Waals surface area contributed by atoms with Crippen LogP contribution in [-0.4, -0.2) is 56.7 Å². The highest BCUT2D eigenvalue weighted by Gasteiger charge is 2.53. The van der Waals surface area contributed by atoms with Crippen LogP contribution in [-0.2, 0) is 20.2 Å². The molecule has 2 heterocycles. The van der Waals surface area contributed by atoms with Gasteiger partial charge in [0.15, 0.2) is 0 Å². The monoisotopic (exact) mass is 606 g/mol. The highest BCUT2D eigenvalue weighted by atomic mass is 32.2. The van der Waals surface area contributed by atoms with E-state index in [2.05, 4.69) is 15.4 Å². The first kappa shape index (κ1) is 28.8. The van der Waals surface area contributed by atoms with E-state index in [1.54, 1.807) is 6.07 Å². The Morgan fingerprint density at radius 3 is 2.31 bits per heavy atom. The van der Waals surface area contributed by atoms with Crippen LogP contribution in [0.1, 0.15) is 67.3 Å². The van der Waals surface area contributed by atoms with Gasteiger partial charge in [0.05, 0.1) is 40.4 Å². The molecule has 0 radical (unpaired) electrons. The molecule has 4 aliphatic rings. The molecule has 2 spiro atoms. The molecular formula is C29H33F3N4O5S. The number of aliphatic hydroxyl groups excluding tert-OH is 1. The molecule has 2 aromatic rings. The van der Waals surface area contributed by atoms with Crippen LogP contribution in [0.5, 0.6) is 0 Å². The third kappa shape index (κ3) is 5.32. The molecule has 4 N–H and O–H groups in total. The highest BCUT2D eigenvalue weighted by molar-refractivity contribution is 7.92. The normalized spacial score (nSPS) is 21.6. The number of piperidine rings is 1. The number of anilines is 4. The van der Waals surface area contributed by atoms with Gasteiger partial charge in [-0.1, -0.05) is 0 Å². The smallest absolute Gasteiger partial charge is 0.257 e. The highest BCUT2D eigenvalue weighted by Crippen LogP contribution is 2.54. The summed E-state index contributed by atoms with van der Waals surface area (Å²) < 4.78 is 70.1. The Morgan fingerprint density at radius 1 is 0.976 bits per heavy atom. The van der Waals surface area contributed by atoms with E-state index < -0.39 is 64.2 Å². The quantitative estimate of drug-likeness (QED) is 0.365. The minimum absolute atomic E-state index is 0.0502. The van der Waals surface area contributed by atoms with Crippen molar-refractivity contribution in [1.82, 2.24) is 0 Å². The molecule has 9 nitrogen and oxygen atoms in total. The van der Waals surface area contributed by atoms with Crippen molar-refractivity contribution in [3.05, 3.63) is 47.3 Å². The number of benzene rings is 2. The molecule has 0 aromatic heterocycles. The zero-order chi connectivity index (χ0) is 29.9. The van der Waals surface area contributed by atoms with Crippen LogP contribution in [0.2, 0.25) is 0 Å². The Labute approximate surface area is 241 Å². The van der Waals surface area contributed by atoms with Crippen LogP contribution in [0.4, 0.5) is 35.9 Å². The maximum atomic E-state index is 15.2. The minimum atomic E-state index is -3.80. The van der Waals surface area contributed by atoms with Gasteiger partial charge >= 0.3 is 0 Å². The molecule has 0 unspecified atom stereocenters. The maximum absolute atomic E-state index is 15.2. The SMILES string of the molecule is O=C(Nc1cc(F)c2c(c1)C1(CCC(F)(F)CC1)C(=O)N2)c1ccc(NS(=O)(=O)CCO)cc1N1CCC2(CC1)CC2. The number of hydrogen-bond acceptors (Lipinski definition) is 6. The number of alkyl halides is 2. The Morgan fingerprint density at radius 2 is 1.67 bits per heavy atom. The molecule has 42 heavy (non-hydrogen) atoms. The van der Waals surface area contributed by atoms with Gasteiger partial charge in [-0.3, -0.25) is 14.3 Å².